The monoisotopic (exact) mass is 297 g/mol. The van der Waals surface area contributed by atoms with Crippen LogP contribution in [-0.2, 0) is 12.8 Å². The molecule has 1 heterocycles. The smallest absolute Gasteiger partial charge is 0.433 e. The molecule has 1 aromatic heterocycles. The minimum absolute atomic E-state index is 0.189. The van der Waals surface area contributed by atoms with Crippen LogP contribution in [0, 0.1) is 6.92 Å². The SMILES string of the molecule is CC.Cc1cccc(OCc2ccc(C(F)(F)F)nc2)c1. The van der Waals surface area contributed by atoms with Gasteiger partial charge in [0, 0.05) is 11.8 Å². The van der Waals surface area contributed by atoms with Crippen molar-refractivity contribution in [2.75, 3.05) is 0 Å². The molecule has 2 rings (SSSR count). The van der Waals surface area contributed by atoms with Gasteiger partial charge in [-0.2, -0.15) is 13.2 Å². The van der Waals surface area contributed by atoms with E-state index in [-0.39, 0.29) is 6.61 Å². The fourth-order valence-corrected chi connectivity index (χ4v) is 1.55. The van der Waals surface area contributed by atoms with E-state index < -0.39 is 11.9 Å². The maximum atomic E-state index is 12.3. The normalized spacial score (nSPS) is 10.6. The quantitative estimate of drug-likeness (QED) is 0.794. The molecule has 0 aliphatic carbocycles. The molecule has 0 spiro atoms. The molecule has 0 N–H and O–H groups in total. The Bertz CT molecular complexity index is 550. The molecule has 114 valence electrons. The number of aromatic nitrogens is 1. The third-order valence-electron chi connectivity index (χ3n) is 2.51. The highest BCUT2D eigenvalue weighted by Crippen LogP contribution is 2.27. The zero-order valence-corrected chi connectivity index (χ0v) is 12.2. The van der Waals surface area contributed by atoms with Gasteiger partial charge in [0.2, 0.25) is 0 Å². The fourth-order valence-electron chi connectivity index (χ4n) is 1.55. The van der Waals surface area contributed by atoms with Crippen LogP contribution in [0.3, 0.4) is 0 Å². The largest absolute Gasteiger partial charge is 0.489 e. The van der Waals surface area contributed by atoms with Crippen molar-refractivity contribution in [1.29, 1.82) is 0 Å². The first-order chi connectivity index (χ1) is 9.95. The lowest BCUT2D eigenvalue weighted by Gasteiger charge is -2.08. The molecule has 5 heteroatoms. The first-order valence-corrected chi connectivity index (χ1v) is 6.67. The summed E-state index contributed by atoms with van der Waals surface area (Å²) in [4.78, 5) is 3.37. The molecule has 1 aromatic carbocycles. The first-order valence-electron chi connectivity index (χ1n) is 6.67. The molecule has 21 heavy (non-hydrogen) atoms. The minimum Gasteiger partial charge on any atom is -0.489 e. The lowest BCUT2D eigenvalue weighted by molar-refractivity contribution is -0.141. The average molecular weight is 297 g/mol. The topological polar surface area (TPSA) is 22.1 Å². The van der Waals surface area contributed by atoms with E-state index in [1.807, 2.05) is 39.0 Å². The van der Waals surface area contributed by atoms with E-state index in [2.05, 4.69) is 4.98 Å². The summed E-state index contributed by atoms with van der Waals surface area (Å²) in [6.45, 7) is 6.13. The van der Waals surface area contributed by atoms with Gasteiger partial charge in [0.05, 0.1) is 0 Å². The van der Waals surface area contributed by atoms with Gasteiger partial charge >= 0.3 is 6.18 Å². The van der Waals surface area contributed by atoms with Crippen LogP contribution in [0.4, 0.5) is 13.2 Å². The predicted molar refractivity (Wildman–Crippen MR) is 76.1 cm³/mol. The standard InChI is InChI=1S/C14H12F3NO.C2H6/c1-10-3-2-4-12(7-10)19-9-11-5-6-13(18-8-11)14(15,16)17;1-2/h2-8H,9H2,1H3;1-2H3. The predicted octanol–water partition coefficient (Wildman–Crippen LogP) is 5.01. The van der Waals surface area contributed by atoms with Gasteiger partial charge in [0.15, 0.2) is 0 Å². The molecule has 0 aliphatic rings. The Kier molecular flexibility index (Phi) is 6.21. The third kappa shape index (κ3) is 5.45. The van der Waals surface area contributed by atoms with Crippen molar-refractivity contribution in [2.24, 2.45) is 0 Å². The Balaban J connectivity index is 0.00000106. The number of benzene rings is 1. The summed E-state index contributed by atoms with van der Waals surface area (Å²) in [5.41, 5.74) is 0.754. The number of hydrogen-bond donors (Lipinski definition) is 0. The summed E-state index contributed by atoms with van der Waals surface area (Å²) in [7, 11) is 0. The summed E-state index contributed by atoms with van der Waals surface area (Å²) >= 11 is 0. The fraction of sp³-hybridized carbons (Fsp3) is 0.312. The molecule has 0 radical (unpaired) electrons. The van der Waals surface area contributed by atoms with Gasteiger partial charge in [-0.25, -0.2) is 0 Å². The number of pyridine rings is 1. The zero-order chi connectivity index (χ0) is 15.9. The summed E-state index contributed by atoms with van der Waals surface area (Å²) in [6, 6.07) is 9.77. The molecule has 0 aliphatic heterocycles. The Labute approximate surface area is 122 Å². The second kappa shape index (κ2) is 7.67. The van der Waals surface area contributed by atoms with E-state index in [0.717, 1.165) is 11.6 Å². The van der Waals surface area contributed by atoms with E-state index in [0.29, 0.717) is 11.3 Å². The van der Waals surface area contributed by atoms with Crippen molar-refractivity contribution < 1.29 is 17.9 Å². The molecule has 2 aromatic rings. The van der Waals surface area contributed by atoms with Crippen LogP contribution < -0.4 is 4.74 Å². The third-order valence-corrected chi connectivity index (χ3v) is 2.51. The van der Waals surface area contributed by atoms with Gasteiger partial charge in [-0.1, -0.05) is 32.0 Å². The summed E-state index contributed by atoms with van der Waals surface area (Å²) in [5.74, 6) is 0.680. The number of aryl methyl sites for hydroxylation is 1. The molecule has 0 amide bonds. The molecule has 2 nitrogen and oxygen atoms in total. The first kappa shape index (κ1) is 17.0. The molecular weight excluding hydrogens is 279 g/mol. The summed E-state index contributed by atoms with van der Waals surface area (Å²) in [5, 5.41) is 0. The second-order valence-electron chi connectivity index (χ2n) is 4.15. The van der Waals surface area contributed by atoms with Crippen LogP contribution in [0.25, 0.3) is 0 Å². The Morgan fingerprint density at radius 1 is 1.10 bits per heavy atom. The van der Waals surface area contributed by atoms with Gasteiger partial charge in [-0.3, -0.25) is 4.98 Å². The Morgan fingerprint density at radius 3 is 2.33 bits per heavy atom. The van der Waals surface area contributed by atoms with Crippen LogP contribution in [0.1, 0.15) is 30.7 Å². The van der Waals surface area contributed by atoms with Crippen molar-refractivity contribution >= 4 is 0 Å². The average Bonchev–Trinajstić information content (AvgIpc) is 2.47. The van der Waals surface area contributed by atoms with Crippen LogP contribution in [-0.4, -0.2) is 4.98 Å². The van der Waals surface area contributed by atoms with Crippen LogP contribution in [0.2, 0.25) is 0 Å². The van der Waals surface area contributed by atoms with E-state index >= 15 is 0 Å². The van der Waals surface area contributed by atoms with Gasteiger partial charge in [0.1, 0.15) is 18.1 Å². The molecule has 0 bridgehead atoms. The summed E-state index contributed by atoms with van der Waals surface area (Å²) in [6.07, 6.45) is -3.23. The number of halogens is 3. The van der Waals surface area contributed by atoms with Crippen LogP contribution in [0.5, 0.6) is 5.75 Å². The maximum absolute atomic E-state index is 12.3. The second-order valence-corrected chi connectivity index (χ2v) is 4.15. The number of alkyl halides is 3. The summed E-state index contributed by atoms with van der Waals surface area (Å²) < 4.78 is 42.4. The number of hydrogen-bond acceptors (Lipinski definition) is 2. The highest BCUT2D eigenvalue weighted by molar-refractivity contribution is 5.27. The van der Waals surface area contributed by atoms with Crippen LogP contribution >= 0.6 is 0 Å². The maximum Gasteiger partial charge on any atom is 0.433 e. The van der Waals surface area contributed by atoms with Gasteiger partial charge in [0.25, 0.3) is 0 Å². The van der Waals surface area contributed by atoms with Gasteiger partial charge < -0.3 is 4.74 Å². The van der Waals surface area contributed by atoms with Crippen molar-refractivity contribution in [3.8, 4) is 5.75 Å². The molecule has 0 saturated heterocycles. The van der Waals surface area contributed by atoms with E-state index in [4.69, 9.17) is 4.74 Å². The molecule has 0 fully saturated rings. The number of ether oxygens (including phenoxy) is 1. The van der Waals surface area contributed by atoms with Gasteiger partial charge in [-0.05, 0) is 30.7 Å². The number of rotatable bonds is 3. The van der Waals surface area contributed by atoms with E-state index in [9.17, 15) is 13.2 Å². The van der Waals surface area contributed by atoms with Gasteiger partial charge in [-0.15, -0.1) is 0 Å². The minimum atomic E-state index is -4.41. The molecule has 0 saturated carbocycles. The molecular formula is C16H18F3NO. The molecule has 0 unspecified atom stereocenters. The highest BCUT2D eigenvalue weighted by atomic mass is 19.4. The van der Waals surface area contributed by atoms with Crippen molar-refractivity contribution in [3.05, 3.63) is 59.4 Å². The van der Waals surface area contributed by atoms with Crippen molar-refractivity contribution in [3.63, 3.8) is 0 Å². The van der Waals surface area contributed by atoms with Crippen molar-refractivity contribution in [2.45, 2.75) is 33.6 Å². The Morgan fingerprint density at radius 2 is 1.81 bits per heavy atom. The number of nitrogens with zero attached hydrogens (tertiary/aromatic N) is 1. The van der Waals surface area contributed by atoms with Crippen molar-refractivity contribution in [1.82, 2.24) is 4.98 Å². The van der Waals surface area contributed by atoms with E-state index in [1.54, 1.807) is 6.07 Å². The Hall–Kier alpha value is -2.04. The highest BCUT2D eigenvalue weighted by Gasteiger charge is 2.31. The lowest BCUT2D eigenvalue weighted by Crippen LogP contribution is -2.08. The zero-order valence-electron chi connectivity index (χ0n) is 12.2. The lowest BCUT2D eigenvalue weighted by atomic mass is 10.2. The molecule has 0 atom stereocenters. The van der Waals surface area contributed by atoms with E-state index in [1.165, 1.54) is 12.3 Å². The van der Waals surface area contributed by atoms with Crippen LogP contribution in [0.15, 0.2) is 42.6 Å².